The fraction of sp³-hybridized carbons (Fsp3) is 0.241. The van der Waals surface area contributed by atoms with Crippen molar-refractivity contribution in [2.24, 2.45) is 5.10 Å². The number of methoxy groups -OCH3 is 2. The van der Waals surface area contributed by atoms with Crippen molar-refractivity contribution in [3.8, 4) is 17.2 Å². The number of nitrogens with zero attached hydrogens (tertiary/aromatic N) is 3. The van der Waals surface area contributed by atoms with E-state index in [1.807, 2.05) is 26.8 Å². The molecular weight excluding hydrogens is 583 g/mol. The number of hydrogen-bond donors (Lipinski definition) is 1. The van der Waals surface area contributed by atoms with Crippen LogP contribution in [0.3, 0.4) is 0 Å². The van der Waals surface area contributed by atoms with Gasteiger partial charge < -0.3 is 19.5 Å². The normalized spacial score (nSPS) is 11.6. The van der Waals surface area contributed by atoms with Gasteiger partial charge in [0.15, 0.2) is 18.1 Å². The number of carbonyl (C=O) groups excluding carboxylic acids is 1. The SMILES string of the molecule is COc1cc(C=Nn2c(C(C)(C)C)nc3ccc(Br)cc3c2=O)cc(OC)c1OCC(=O)Nc1cccc(F)c1. The van der Waals surface area contributed by atoms with Crippen LogP contribution in [0.25, 0.3) is 10.9 Å². The highest BCUT2D eigenvalue weighted by atomic mass is 79.9. The van der Waals surface area contributed by atoms with Gasteiger partial charge in [-0.1, -0.05) is 42.8 Å². The fourth-order valence-electron chi connectivity index (χ4n) is 3.88. The van der Waals surface area contributed by atoms with Crippen molar-refractivity contribution >= 4 is 44.6 Å². The minimum Gasteiger partial charge on any atom is -0.493 e. The Morgan fingerprint density at radius 2 is 1.80 bits per heavy atom. The number of nitrogens with one attached hydrogen (secondary N) is 1. The van der Waals surface area contributed by atoms with Crippen molar-refractivity contribution in [3.63, 3.8) is 0 Å². The minimum absolute atomic E-state index is 0.196. The molecule has 9 nitrogen and oxygen atoms in total. The maximum atomic E-state index is 13.4. The van der Waals surface area contributed by atoms with Crippen LogP contribution in [-0.2, 0) is 10.2 Å². The van der Waals surface area contributed by atoms with Crippen molar-refractivity contribution in [1.82, 2.24) is 9.66 Å². The van der Waals surface area contributed by atoms with Crippen LogP contribution in [0.15, 0.2) is 69.0 Å². The van der Waals surface area contributed by atoms with E-state index in [1.165, 1.54) is 43.3 Å². The molecule has 0 saturated heterocycles. The monoisotopic (exact) mass is 610 g/mol. The van der Waals surface area contributed by atoms with Gasteiger partial charge in [-0.05, 0) is 48.5 Å². The van der Waals surface area contributed by atoms with Crippen LogP contribution in [-0.4, -0.2) is 42.6 Å². The van der Waals surface area contributed by atoms with Gasteiger partial charge in [-0.3, -0.25) is 9.59 Å². The Morgan fingerprint density at radius 3 is 2.42 bits per heavy atom. The largest absolute Gasteiger partial charge is 0.493 e. The summed E-state index contributed by atoms with van der Waals surface area (Å²) in [6, 6.07) is 14.2. The van der Waals surface area contributed by atoms with Crippen molar-refractivity contribution in [2.75, 3.05) is 26.1 Å². The number of carbonyl (C=O) groups is 1. The van der Waals surface area contributed by atoms with E-state index < -0.39 is 17.1 Å². The highest BCUT2D eigenvalue weighted by molar-refractivity contribution is 9.10. The summed E-state index contributed by atoms with van der Waals surface area (Å²) in [5.74, 6) is 0.285. The number of rotatable bonds is 8. The van der Waals surface area contributed by atoms with E-state index in [9.17, 15) is 14.0 Å². The Kier molecular flexibility index (Phi) is 8.53. The lowest BCUT2D eigenvalue weighted by atomic mass is 9.95. The minimum atomic E-state index is -0.495. The quantitative estimate of drug-likeness (QED) is 0.264. The zero-order valence-electron chi connectivity index (χ0n) is 22.6. The lowest BCUT2D eigenvalue weighted by Crippen LogP contribution is -2.29. The third-order valence-corrected chi connectivity index (χ3v) is 6.23. The van der Waals surface area contributed by atoms with Crippen molar-refractivity contribution < 1.29 is 23.4 Å². The molecule has 0 aliphatic rings. The molecule has 0 fully saturated rings. The second-order valence-corrected chi connectivity index (χ2v) is 10.7. The average molecular weight is 611 g/mol. The van der Waals surface area contributed by atoms with Crippen molar-refractivity contribution in [2.45, 2.75) is 26.2 Å². The molecule has 1 N–H and O–H groups in total. The van der Waals surface area contributed by atoms with Gasteiger partial charge in [0.2, 0.25) is 5.75 Å². The van der Waals surface area contributed by atoms with Gasteiger partial charge in [-0.15, -0.1) is 0 Å². The topological polar surface area (TPSA) is 104 Å². The maximum absolute atomic E-state index is 13.4. The highest BCUT2D eigenvalue weighted by Gasteiger charge is 2.23. The highest BCUT2D eigenvalue weighted by Crippen LogP contribution is 2.38. The van der Waals surface area contributed by atoms with E-state index in [0.29, 0.717) is 28.0 Å². The molecule has 1 amide bonds. The molecule has 1 aromatic heterocycles. The summed E-state index contributed by atoms with van der Waals surface area (Å²) in [4.78, 5) is 30.5. The lowest BCUT2D eigenvalue weighted by Gasteiger charge is -2.21. The molecule has 0 unspecified atom stereocenters. The summed E-state index contributed by atoms with van der Waals surface area (Å²) in [6.45, 7) is 5.48. The van der Waals surface area contributed by atoms with Crippen LogP contribution in [0.4, 0.5) is 10.1 Å². The zero-order chi connectivity index (χ0) is 29.0. The number of ether oxygens (including phenoxy) is 3. The summed E-state index contributed by atoms with van der Waals surface area (Å²) in [7, 11) is 2.89. The fourth-order valence-corrected chi connectivity index (χ4v) is 4.24. The second kappa shape index (κ2) is 11.9. The van der Waals surface area contributed by atoms with Crippen LogP contribution in [0, 0.1) is 5.82 Å². The van der Waals surface area contributed by atoms with Gasteiger partial charge in [0.25, 0.3) is 11.5 Å². The molecule has 0 atom stereocenters. The molecule has 0 radical (unpaired) electrons. The summed E-state index contributed by atoms with van der Waals surface area (Å²) in [5.41, 5.74) is 0.647. The number of amides is 1. The number of halogens is 2. The number of anilines is 1. The molecular formula is C29H28BrFN4O5. The molecule has 4 aromatic rings. The Labute approximate surface area is 238 Å². The summed E-state index contributed by atoms with van der Waals surface area (Å²) in [5, 5.41) is 7.48. The molecule has 0 aliphatic carbocycles. The molecule has 4 rings (SSSR count). The molecule has 0 spiro atoms. The number of hydrogen-bond acceptors (Lipinski definition) is 7. The summed E-state index contributed by atoms with van der Waals surface area (Å²) in [6.07, 6.45) is 1.49. The predicted molar refractivity (Wildman–Crippen MR) is 155 cm³/mol. The first-order valence-corrected chi connectivity index (χ1v) is 13.0. The van der Waals surface area contributed by atoms with Gasteiger partial charge in [-0.2, -0.15) is 9.78 Å². The second-order valence-electron chi connectivity index (χ2n) is 9.81. The first-order chi connectivity index (χ1) is 19.0. The number of benzene rings is 3. The molecule has 0 aliphatic heterocycles. The molecule has 208 valence electrons. The Morgan fingerprint density at radius 1 is 1.10 bits per heavy atom. The van der Waals surface area contributed by atoms with Crippen LogP contribution < -0.4 is 25.1 Å². The van der Waals surface area contributed by atoms with E-state index in [-0.39, 0.29) is 29.4 Å². The van der Waals surface area contributed by atoms with Crippen molar-refractivity contribution in [1.29, 1.82) is 0 Å². The molecule has 0 bridgehead atoms. The third-order valence-electron chi connectivity index (χ3n) is 5.74. The Hall–Kier alpha value is -4.25. The first-order valence-electron chi connectivity index (χ1n) is 12.2. The molecule has 3 aromatic carbocycles. The van der Waals surface area contributed by atoms with E-state index >= 15 is 0 Å². The lowest BCUT2D eigenvalue weighted by molar-refractivity contribution is -0.118. The van der Waals surface area contributed by atoms with Gasteiger partial charge >= 0.3 is 0 Å². The van der Waals surface area contributed by atoms with Gasteiger partial charge in [0.05, 0.1) is 31.3 Å². The maximum Gasteiger partial charge on any atom is 0.282 e. The third kappa shape index (κ3) is 6.48. The van der Waals surface area contributed by atoms with E-state index in [2.05, 4.69) is 26.3 Å². The van der Waals surface area contributed by atoms with Gasteiger partial charge in [0.1, 0.15) is 11.6 Å². The summed E-state index contributed by atoms with van der Waals surface area (Å²) >= 11 is 3.41. The standard InChI is InChI=1S/C29H28BrFN4O5/c1-29(2,3)28-34-22-10-9-18(30)13-21(22)27(37)35(28)32-15-17-11-23(38-4)26(24(12-17)39-5)40-16-25(36)33-20-8-6-7-19(31)14-20/h6-15H,16H2,1-5H3,(H,33,36). The molecule has 1 heterocycles. The molecule has 0 saturated carbocycles. The predicted octanol–water partition coefficient (Wildman–Crippen LogP) is 5.51. The van der Waals surface area contributed by atoms with Crippen LogP contribution in [0.1, 0.15) is 32.2 Å². The van der Waals surface area contributed by atoms with Gasteiger partial charge in [0, 0.05) is 21.1 Å². The number of fused-ring (bicyclic) bond motifs is 1. The average Bonchev–Trinajstić information content (AvgIpc) is 2.90. The Balaban J connectivity index is 1.65. The van der Waals surface area contributed by atoms with Crippen LogP contribution in [0.5, 0.6) is 17.2 Å². The zero-order valence-corrected chi connectivity index (χ0v) is 24.2. The number of aromatic nitrogens is 2. The van der Waals surface area contributed by atoms with E-state index in [0.717, 1.165) is 4.47 Å². The first kappa shape index (κ1) is 28.8. The van der Waals surface area contributed by atoms with Gasteiger partial charge in [-0.25, -0.2) is 9.37 Å². The Bertz CT molecular complexity index is 1640. The molecule has 11 heteroatoms. The van der Waals surface area contributed by atoms with Crippen molar-refractivity contribution in [3.05, 3.63) is 86.6 Å². The smallest absolute Gasteiger partial charge is 0.282 e. The van der Waals surface area contributed by atoms with Crippen LogP contribution in [0.2, 0.25) is 0 Å². The van der Waals surface area contributed by atoms with E-state index in [1.54, 1.807) is 30.3 Å². The summed E-state index contributed by atoms with van der Waals surface area (Å²) < 4.78 is 32.1. The van der Waals surface area contributed by atoms with Crippen LogP contribution >= 0.6 is 15.9 Å². The molecule has 40 heavy (non-hydrogen) atoms. The van der Waals surface area contributed by atoms with E-state index in [4.69, 9.17) is 19.2 Å².